The van der Waals surface area contributed by atoms with E-state index >= 15 is 0 Å². The van der Waals surface area contributed by atoms with Gasteiger partial charge in [-0.25, -0.2) is 0 Å². The number of benzene rings is 2. The van der Waals surface area contributed by atoms with Gasteiger partial charge in [0.2, 0.25) is 0 Å². The number of halogens is 1. The number of nitrogens with two attached hydrogens (primary N) is 1. The van der Waals surface area contributed by atoms with Crippen LogP contribution in [-0.2, 0) is 12.0 Å². The molecule has 0 radical (unpaired) electrons. The summed E-state index contributed by atoms with van der Waals surface area (Å²) in [7, 11) is 0. The van der Waals surface area contributed by atoms with Crippen LogP contribution in [0.2, 0.25) is 0 Å². The maximum atomic E-state index is 6.54. The van der Waals surface area contributed by atoms with Gasteiger partial charge in [0.1, 0.15) is 0 Å². The van der Waals surface area contributed by atoms with Crippen molar-refractivity contribution in [1.29, 1.82) is 0 Å². The van der Waals surface area contributed by atoms with Crippen LogP contribution < -0.4 is 5.73 Å². The first-order valence-electron chi connectivity index (χ1n) is 6.49. The highest BCUT2D eigenvalue weighted by Gasteiger charge is 2.23. The van der Waals surface area contributed by atoms with Crippen molar-refractivity contribution in [2.24, 2.45) is 5.73 Å². The molecule has 2 heteroatoms. The molecule has 1 atom stereocenters. The largest absolute Gasteiger partial charge is 0.321 e. The molecule has 2 aromatic rings. The Kier molecular flexibility index (Phi) is 4.12. The Bertz CT molecular complexity index is 567. The molecule has 2 rings (SSSR count). The smallest absolute Gasteiger partial charge is 0.0433 e. The lowest BCUT2D eigenvalue weighted by molar-refractivity contribution is 0.489. The third-order valence-corrected chi connectivity index (χ3v) is 4.03. The zero-order valence-electron chi connectivity index (χ0n) is 11.7. The van der Waals surface area contributed by atoms with Crippen LogP contribution in [0.5, 0.6) is 0 Å². The van der Waals surface area contributed by atoms with Crippen molar-refractivity contribution in [1.82, 2.24) is 0 Å². The van der Waals surface area contributed by atoms with Crippen molar-refractivity contribution < 1.29 is 0 Å². The summed E-state index contributed by atoms with van der Waals surface area (Å²) >= 11 is 3.59. The van der Waals surface area contributed by atoms with Gasteiger partial charge in [0, 0.05) is 10.0 Å². The van der Waals surface area contributed by atoms with E-state index in [9.17, 15) is 0 Å². The quantitative estimate of drug-likeness (QED) is 0.887. The first kappa shape index (κ1) is 14.3. The highest BCUT2D eigenvalue weighted by atomic mass is 79.9. The summed E-state index contributed by atoms with van der Waals surface area (Å²) in [6.45, 7) is 6.34. The maximum Gasteiger partial charge on any atom is 0.0433 e. The van der Waals surface area contributed by atoms with Crippen LogP contribution in [0.15, 0.2) is 46.9 Å². The number of hydrogen-bond acceptors (Lipinski definition) is 1. The van der Waals surface area contributed by atoms with Crippen molar-refractivity contribution in [2.45, 2.75) is 32.7 Å². The molecule has 0 fully saturated rings. The molecule has 1 unspecified atom stereocenters. The third kappa shape index (κ3) is 3.46. The van der Waals surface area contributed by atoms with Crippen molar-refractivity contribution in [3.05, 3.63) is 69.2 Å². The van der Waals surface area contributed by atoms with Gasteiger partial charge < -0.3 is 5.73 Å². The lowest BCUT2D eigenvalue weighted by atomic mass is 9.86. The molecule has 0 aliphatic heterocycles. The predicted octanol–water partition coefficient (Wildman–Crippen LogP) is 4.48. The molecule has 0 amide bonds. The van der Waals surface area contributed by atoms with E-state index in [2.05, 4.69) is 61.0 Å². The van der Waals surface area contributed by atoms with Crippen molar-refractivity contribution in [2.75, 3.05) is 0 Å². The molecule has 1 nitrogen and oxygen atoms in total. The van der Waals surface area contributed by atoms with Crippen LogP contribution in [0.4, 0.5) is 0 Å². The molecule has 0 spiro atoms. The molecule has 0 saturated carbocycles. The fourth-order valence-corrected chi connectivity index (χ4v) is 3.35. The second-order valence-corrected chi connectivity index (χ2v) is 6.42. The van der Waals surface area contributed by atoms with E-state index in [0.717, 1.165) is 16.5 Å². The second kappa shape index (κ2) is 5.48. The highest BCUT2D eigenvalue weighted by Crippen LogP contribution is 2.29. The zero-order valence-corrected chi connectivity index (χ0v) is 13.3. The average molecular weight is 318 g/mol. The van der Waals surface area contributed by atoms with E-state index in [1.54, 1.807) is 0 Å². The van der Waals surface area contributed by atoms with E-state index in [1.165, 1.54) is 16.7 Å². The van der Waals surface area contributed by atoms with Gasteiger partial charge in [-0.2, -0.15) is 0 Å². The number of hydrogen-bond donors (Lipinski definition) is 1. The SMILES string of the molecule is Cc1cc(C)cc(CC(C)(N)c2ccccc2Br)c1. The minimum absolute atomic E-state index is 0.375. The monoisotopic (exact) mass is 317 g/mol. The van der Waals surface area contributed by atoms with Crippen LogP contribution in [0.25, 0.3) is 0 Å². The summed E-state index contributed by atoms with van der Waals surface area (Å²) in [5, 5.41) is 0. The Morgan fingerprint density at radius 1 is 1.05 bits per heavy atom. The Morgan fingerprint density at radius 2 is 1.63 bits per heavy atom. The summed E-state index contributed by atoms with van der Waals surface area (Å²) in [6.07, 6.45) is 0.831. The molecule has 0 saturated heterocycles. The Labute approximate surface area is 124 Å². The second-order valence-electron chi connectivity index (χ2n) is 5.57. The normalized spacial score (nSPS) is 14.2. The highest BCUT2D eigenvalue weighted by molar-refractivity contribution is 9.10. The molecule has 100 valence electrons. The molecular formula is C17H20BrN. The van der Waals surface area contributed by atoms with Gasteiger partial charge in [-0.15, -0.1) is 0 Å². The van der Waals surface area contributed by atoms with Crippen LogP contribution >= 0.6 is 15.9 Å². The summed E-state index contributed by atoms with van der Waals surface area (Å²) in [5.74, 6) is 0. The van der Waals surface area contributed by atoms with Gasteiger partial charge in [-0.3, -0.25) is 0 Å². The Morgan fingerprint density at radius 3 is 2.21 bits per heavy atom. The number of rotatable bonds is 3. The molecule has 0 aromatic heterocycles. The van der Waals surface area contributed by atoms with E-state index in [-0.39, 0.29) is 5.54 Å². The molecule has 19 heavy (non-hydrogen) atoms. The minimum Gasteiger partial charge on any atom is -0.321 e. The summed E-state index contributed by atoms with van der Waals surface area (Å²) in [6, 6.07) is 14.8. The van der Waals surface area contributed by atoms with Crippen molar-refractivity contribution in [3.63, 3.8) is 0 Å². The van der Waals surface area contributed by atoms with Crippen LogP contribution in [-0.4, -0.2) is 0 Å². The minimum atomic E-state index is -0.375. The molecule has 2 aromatic carbocycles. The Balaban J connectivity index is 2.33. The van der Waals surface area contributed by atoms with Crippen LogP contribution in [0.3, 0.4) is 0 Å². The standard InChI is InChI=1S/C17H20BrN/c1-12-8-13(2)10-14(9-12)11-17(3,19)15-6-4-5-7-16(15)18/h4-10H,11,19H2,1-3H3. The topological polar surface area (TPSA) is 26.0 Å². The average Bonchev–Trinajstić information content (AvgIpc) is 2.26. The predicted molar refractivity (Wildman–Crippen MR) is 85.3 cm³/mol. The molecule has 0 bridgehead atoms. The van der Waals surface area contributed by atoms with E-state index in [1.807, 2.05) is 18.2 Å². The number of aryl methyl sites for hydroxylation is 2. The summed E-state index contributed by atoms with van der Waals surface area (Å²) in [4.78, 5) is 0. The molecular weight excluding hydrogens is 298 g/mol. The first-order valence-corrected chi connectivity index (χ1v) is 7.29. The molecule has 2 N–H and O–H groups in total. The molecule has 0 aliphatic carbocycles. The van der Waals surface area contributed by atoms with E-state index in [0.29, 0.717) is 0 Å². The molecule has 0 aliphatic rings. The lowest BCUT2D eigenvalue weighted by Gasteiger charge is -2.27. The summed E-state index contributed by atoms with van der Waals surface area (Å²) < 4.78 is 1.07. The van der Waals surface area contributed by atoms with E-state index < -0.39 is 0 Å². The summed E-state index contributed by atoms with van der Waals surface area (Å²) in [5.41, 5.74) is 11.2. The fraction of sp³-hybridized carbons (Fsp3) is 0.294. The van der Waals surface area contributed by atoms with Gasteiger partial charge in [-0.1, -0.05) is 63.5 Å². The Hall–Kier alpha value is -1.12. The van der Waals surface area contributed by atoms with Gasteiger partial charge in [0.05, 0.1) is 0 Å². The van der Waals surface area contributed by atoms with Gasteiger partial charge >= 0.3 is 0 Å². The van der Waals surface area contributed by atoms with Crippen molar-refractivity contribution >= 4 is 15.9 Å². The fourth-order valence-electron chi connectivity index (χ4n) is 2.61. The van der Waals surface area contributed by atoms with Crippen LogP contribution in [0, 0.1) is 13.8 Å². The van der Waals surface area contributed by atoms with Gasteiger partial charge in [0.15, 0.2) is 0 Å². The van der Waals surface area contributed by atoms with Crippen molar-refractivity contribution in [3.8, 4) is 0 Å². The van der Waals surface area contributed by atoms with Crippen LogP contribution in [0.1, 0.15) is 29.2 Å². The maximum absolute atomic E-state index is 6.54. The van der Waals surface area contributed by atoms with Gasteiger partial charge in [0.25, 0.3) is 0 Å². The lowest BCUT2D eigenvalue weighted by Crippen LogP contribution is -2.35. The van der Waals surface area contributed by atoms with Gasteiger partial charge in [-0.05, 0) is 44.4 Å². The first-order chi connectivity index (χ1) is 8.88. The van der Waals surface area contributed by atoms with E-state index in [4.69, 9.17) is 5.73 Å². The third-order valence-electron chi connectivity index (χ3n) is 3.34. The molecule has 0 heterocycles. The zero-order chi connectivity index (χ0) is 14.0.